The number of aliphatic hydroxyl groups excluding tert-OH is 1. The first-order chi connectivity index (χ1) is 21.9. The summed E-state index contributed by atoms with van der Waals surface area (Å²) in [5.74, 6) is 0.106. The lowest BCUT2D eigenvalue weighted by molar-refractivity contribution is -0.277. The Bertz CT molecular complexity index is 1640. The Balaban J connectivity index is 1.22. The van der Waals surface area contributed by atoms with Crippen LogP contribution in [0.15, 0.2) is 108 Å². The predicted octanol–water partition coefficient (Wildman–Crippen LogP) is 5.45. The van der Waals surface area contributed by atoms with Crippen LogP contribution in [0.1, 0.15) is 41.6 Å². The van der Waals surface area contributed by atoms with Crippen LogP contribution in [0, 0.1) is 5.92 Å². The van der Waals surface area contributed by atoms with Crippen molar-refractivity contribution in [2.45, 2.75) is 43.5 Å². The van der Waals surface area contributed by atoms with E-state index >= 15 is 0 Å². The van der Waals surface area contributed by atoms with E-state index in [-0.39, 0.29) is 36.2 Å². The molecule has 6 rings (SSSR count). The normalized spacial score (nSPS) is 22.7. The molecule has 2 aliphatic heterocycles. The highest BCUT2D eigenvalue weighted by Crippen LogP contribution is 2.42. The maximum Gasteiger partial charge on any atom is 0.240 e. The Morgan fingerprint density at radius 3 is 2.20 bits per heavy atom. The number of hydrogen-bond donors (Lipinski definition) is 2. The average Bonchev–Trinajstić information content (AvgIpc) is 3.09. The molecular weight excluding hydrogens is 588 g/mol. The van der Waals surface area contributed by atoms with E-state index in [0.29, 0.717) is 0 Å². The summed E-state index contributed by atoms with van der Waals surface area (Å²) in [7, 11) is -3.64. The SMILES string of the molecule is CC1C(CN2CCOCC2)OC(c2ccc(-c3ccccc3CNS(=O)(=O)c3ccccc3)cc2)OC1c1ccc(CO)cc1. The first-order valence-electron chi connectivity index (χ1n) is 15.4. The summed E-state index contributed by atoms with van der Waals surface area (Å²) in [6, 6.07) is 32.3. The molecule has 0 radical (unpaired) electrons. The Hall–Kier alpha value is -3.41. The molecule has 0 spiro atoms. The van der Waals surface area contributed by atoms with Gasteiger partial charge in [-0.1, -0.05) is 97.9 Å². The molecule has 0 saturated carbocycles. The molecule has 2 fully saturated rings. The second-order valence-electron chi connectivity index (χ2n) is 11.7. The lowest BCUT2D eigenvalue weighted by Gasteiger charge is -2.43. The molecule has 9 heteroatoms. The van der Waals surface area contributed by atoms with Gasteiger partial charge in [0.2, 0.25) is 10.0 Å². The van der Waals surface area contributed by atoms with Gasteiger partial charge in [-0.3, -0.25) is 4.90 Å². The van der Waals surface area contributed by atoms with E-state index in [1.54, 1.807) is 30.3 Å². The van der Waals surface area contributed by atoms with Crippen molar-refractivity contribution in [2.75, 3.05) is 32.8 Å². The van der Waals surface area contributed by atoms with E-state index in [1.165, 1.54) is 0 Å². The van der Waals surface area contributed by atoms with Gasteiger partial charge in [0.1, 0.15) is 0 Å². The first-order valence-corrected chi connectivity index (χ1v) is 16.9. The minimum Gasteiger partial charge on any atom is -0.392 e. The van der Waals surface area contributed by atoms with E-state index in [1.807, 2.05) is 72.8 Å². The summed E-state index contributed by atoms with van der Waals surface area (Å²) < 4.78 is 47.3. The van der Waals surface area contributed by atoms with Crippen molar-refractivity contribution in [3.63, 3.8) is 0 Å². The number of benzene rings is 4. The van der Waals surface area contributed by atoms with Gasteiger partial charge in [-0.05, 0) is 39.9 Å². The van der Waals surface area contributed by atoms with Crippen molar-refractivity contribution in [1.29, 1.82) is 0 Å². The van der Waals surface area contributed by atoms with E-state index in [2.05, 4.69) is 16.5 Å². The number of morpholine rings is 1. The van der Waals surface area contributed by atoms with Crippen LogP contribution in [-0.2, 0) is 37.4 Å². The van der Waals surface area contributed by atoms with Crippen LogP contribution in [0.2, 0.25) is 0 Å². The second-order valence-corrected chi connectivity index (χ2v) is 13.4. The lowest BCUT2D eigenvalue weighted by Crippen LogP contribution is -2.47. The molecule has 0 aliphatic carbocycles. The molecule has 4 aromatic carbocycles. The van der Waals surface area contributed by atoms with E-state index in [4.69, 9.17) is 14.2 Å². The Labute approximate surface area is 265 Å². The fourth-order valence-corrected chi connectivity index (χ4v) is 7.03. The predicted molar refractivity (Wildman–Crippen MR) is 173 cm³/mol. The highest BCUT2D eigenvalue weighted by molar-refractivity contribution is 7.89. The zero-order chi connectivity index (χ0) is 31.2. The maximum atomic E-state index is 12.9. The molecule has 8 nitrogen and oxygen atoms in total. The van der Waals surface area contributed by atoms with E-state index in [9.17, 15) is 13.5 Å². The minimum absolute atomic E-state index is 0.00112. The topological polar surface area (TPSA) is 97.3 Å². The van der Waals surface area contributed by atoms with Gasteiger partial charge >= 0.3 is 0 Å². The largest absolute Gasteiger partial charge is 0.392 e. The van der Waals surface area contributed by atoms with Gasteiger partial charge in [-0.25, -0.2) is 13.1 Å². The summed E-state index contributed by atoms with van der Waals surface area (Å²) >= 11 is 0. The Morgan fingerprint density at radius 2 is 1.49 bits per heavy atom. The maximum absolute atomic E-state index is 12.9. The zero-order valence-corrected chi connectivity index (χ0v) is 26.2. The number of aliphatic hydroxyl groups is 1. The molecular formula is C36H40N2O6S. The molecule has 4 aromatic rings. The molecule has 2 heterocycles. The smallest absolute Gasteiger partial charge is 0.240 e. The van der Waals surface area contributed by atoms with Gasteiger partial charge in [-0.15, -0.1) is 0 Å². The van der Waals surface area contributed by atoms with Crippen molar-refractivity contribution in [3.05, 3.63) is 125 Å². The quantitative estimate of drug-likeness (QED) is 0.241. The molecule has 45 heavy (non-hydrogen) atoms. The van der Waals surface area contributed by atoms with E-state index in [0.717, 1.165) is 66.2 Å². The average molecular weight is 629 g/mol. The van der Waals surface area contributed by atoms with Crippen molar-refractivity contribution in [3.8, 4) is 11.1 Å². The number of rotatable bonds is 10. The number of hydrogen-bond acceptors (Lipinski definition) is 7. The third-order valence-electron chi connectivity index (χ3n) is 8.68. The zero-order valence-electron chi connectivity index (χ0n) is 25.4. The number of nitrogens with zero attached hydrogens (tertiary/aromatic N) is 1. The van der Waals surface area contributed by atoms with Gasteiger partial charge in [0, 0.05) is 37.7 Å². The van der Waals surface area contributed by atoms with Crippen LogP contribution < -0.4 is 4.72 Å². The van der Waals surface area contributed by atoms with Crippen LogP contribution in [-0.4, -0.2) is 57.4 Å². The highest BCUT2D eigenvalue weighted by atomic mass is 32.2. The number of nitrogens with one attached hydrogen (secondary N) is 1. The highest BCUT2D eigenvalue weighted by Gasteiger charge is 2.39. The van der Waals surface area contributed by atoms with Gasteiger partial charge in [-0.2, -0.15) is 0 Å². The Morgan fingerprint density at radius 1 is 0.822 bits per heavy atom. The summed E-state index contributed by atoms with van der Waals surface area (Å²) in [6.07, 6.45) is -0.792. The molecule has 0 amide bonds. The summed E-state index contributed by atoms with van der Waals surface area (Å²) in [5, 5.41) is 9.54. The molecule has 0 bridgehead atoms. The van der Waals surface area contributed by atoms with Crippen LogP contribution >= 0.6 is 0 Å². The minimum atomic E-state index is -3.64. The number of ether oxygens (including phenoxy) is 3. The van der Waals surface area contributed by atoms with Gasteiger partial charge in [0.25, 0.3) is 0 Å². The summed E-state index contributed by atoms with van der Waals surface area (Å²) in [6.45, 7) is 6.35. The van der Waals surface area contributed by atoms with Gasteiger partial charge < -0.3 is 19.3 Å². The monoisotopic (exact) mass is 628 g/mol. The van der Waals surface area contributed by atoms with Crippen molar-refractivity contribution < 1.29 is 27.7 Å². The third-order valence-corrected chi connectivity index (χ3v) is 10.1. The van der Waals surface area contributed by atoms with Crippen LogP contribution in [0.25, 0.3) is 11.1 Å². The van der Waals surface area contributed by atoms with Crippen LogP contribution in [0.4, 0.5) is 0 Å². The standard InChI is InChI=1S/C36H40N2O6S/c1-26-34(24-38-19-21-42-22-20-38)43-36(44-35(26)29-13-11-27(25-39)12-14-29)30-17-15-28(16-18-30)33-10-6-5-7-31(33)23-37-45(40,41)32-8-3-2-4-9-32/h2-18,26,34-37,39H,19-25H2,1H3. The van der Waals surface area contributed by atoms with Gasteiger partial charge in [0.05, 0.1) is 36.9 Å². The molecule has 2 saturated heterocycles. The third kappa shape index (κ3) is 7.53. The van der Waals surface area contributed by atoms with Crippen molar-refractivity contribution >= 4 is 10.0 Å². The molecule has 0 aromatic heterocycles. The summed E-state index contributed by atoms with van der Waals surface area (Å²) in [4.78, 5) is 2.63. The van der Waals surface area contributed by atoms with E-state index < -0.39 is 16.3 Å². The number of sulfonamides is 1. The van der Waals surface area contributed by atoms with Crippen molar-refractivity contribution in [2.24, 2.45) is 5.92 Å². The lowest BCUT2D eigenvalue weighted by atomic mass is 9.90. The van der Waals surface area contributed by atoms with Crippen LogP contribution in [0.5, 0.6) is 0 Å². The summed E-state index contributed by atoms with van der Waals surface area (Å²) in [5.41, 5.74) is 5.63. The molecule has 2 aliphatic rings. The fourth-order valence-electron chi connectivity index (χ4n) is 6.00. The first kappa shape index (κ1) is 31.6. The van der Waals surface area contributed by atoms with Gasteiger partial charge in [0.15, 0.2) is 6.29 Å². The Kier molecular flexibility index (Phi) is 10.1. The second kappa shape index (κ2) is 14.3. The van der Waals surface area contributed by atoms with Crippen LogP contribution in [0.3, 0.4) is 0 Å². The fraction of sp³-hybridized carbons (Fsp3) is 0.333. The molecule has 236 valence electrons. The molecule has 4 unspecified atom stereocenters. The molecule has 4 atom stereocenters. The molecule has 2 N–H and O–H groups in total. The van der Waals surface area contributed by atoms with Crippen molar-refractivity contribution in [1.82, 2.24) is 9.62 Å².